The van der Waals surface area contributed by atoms with Gasteiger partial charge in [-0.15, -0.1) is 0 Å². The fraction of sp³-hybridized carbons (Fsp3) is 0.625. The molecule has 2 fully saturated rings. The average molecular weight is 296 g/mol. The minimum absolute atomic E-state index is 0.156. The molecule has 2 N–H and O–H groups in total. The van der Waals surface area contributed by atoms with Crippen molar-refractivity contribution in [3.63, 3.8) is 0 Å². The van der Waals surface area contributed by atoms with Crippen molar-refractivity contribution in [1.29, 1.82) is 0 Å². The Morgan fingerprint density at radius 2 is 1.71 bits per heavy atom. The van der Waals surface area contributed by atoms with Gasteiger partial charge in [0, 0.05) is 32.2 Å². The number of nitrogens with one attached hydrogen (secondary N) is 1. The number of hydrogen-bond acceptors (Lipinski definition) is 3. The quantitative estimate of drug-likeness (QED) is 0.900. The molecule has 0 radical (unpaired) electrons. The summed E-state index contributed by atoms with van der Waals surface area (Å²) in [6.45, 7) is 3.30. The zero-order valence-electron chi connectivity index (χ0n) is 12.1. The molecule has 3 nitrogen and oxygen atoms in total. The van der Waals surface area contributed by atoms with Gasteiger partial charge in [-0.25, -0.2) is 8.78 Å². The summed E-state index contributed by atoms with van der Waals surface area (Å²) in [4.78, 5) is 2.20. The van der Waals surface area contributed by atoms with Crippen LogP contribution in [0.2, 0.25) is 0 Å². The van der Waals surface area contributed by atoms with Crippen molar-refractivity contribution in [3.8, 4) is 5.75 Å². The third-order valence-electron chi connectivity index (χ3n) is 4.80. The molecule has 0 aromatic heterocycles. The Balaban J connectivity index is 1.99. The predicted octanol–water partition coefficient (Wildman–Crippen LogP) is 2.81. The smallest absolute Gasteiger partial charge is 0.165 e. The van der Waals surface area contributed by atoms with E-state index in [2.05, 4.69) is 10.2 Å². The molecule has 1 saturated carbocycles. The lowest BCUT2D eigenvalue weighted by atomic mass is 9.88. The topological polar surface area (TPSA) is 35.5 Å². The van der Waals surface area contributed by atoms with Gasteiger partial charge in [-0.3, -0.25) is 4.90 Å². The largest absolute Gasteiger partial charge is 0.505 e. The summed E-state index contributed by atoms with van der Waals surface area (Å²) in [5, 5.41) is 13.4. The maximum atomic E-state index is 14.3. The zero-order valence-corrected chi connectivity index (χ0v) is 12.1. The van der Waals surface area contributed by atoms with Crippen LogP contribution in [0.15, 0.2) is 12.1 Å². The molecule has 2 aliphatic rings. The summed E-state index contributed by atoms with van der Waals surface area (Å²) in [5.41, 5.74) is 0.156. The van der Waals surface area contributed by atoms with Crippen molar-refractivity contribution >= 4 is 0 Å². The molecule has 5 heteroatoms. The van der Waals surface area contributed by atoms with Crippen LogP contribution in [0.5, 0.6) is 5.75 Å². The second kappa shape index (κ2) is 6.28. The second-order valence-corrected chi connectivity index (χ2v) is 6.07. The highest BCUT2D eigenvalue weighted by Gasteiger charge is 2.36. The Morgan fingerprint density at radius 1 is 1.10 bits per heavy atom. The number of phenolic OH excluding ortho intramolecular Hbond substituents is 1. The van der Waals surface area contributed by atoms with E-state index in [0.29, 0.717) is 5.92 Å². The molecule has 1 atom stereocenters. The first-order chi connectivity index (χ1) is 10.2. The molecule has 0 amide bonds. The number of halogens is 2. The molecule has 1 aromatic carbocycles. The molecule has 0 spiro atoms. The van der Waals surface area contributed by atoms with Gasteiger partial charge in [-0.2, -0.15) is 0 Å². The number of phenols is 1. The maximum Gasteiger partial charge on any atom is 0.165 e. The van der Waals surface area contributed by atoms with Crippen LogP contribution in [-0.4, -0.2) is 36.2 Å². The van der Waals surface area contributed by atoms with Gasteiger partial charge in [0.05, 0.1) is 5.56 Å². The number of benzene rings is 1. The van der Waals surface area contributed by atoms with Crippen LogP contribution in [0.3, 0.4) is 0 Å². The van der Waals surface area contributed by atoms with Crippen LogP contribution in [0.1, 0.15) is 37.3 Å². The third kappa shape index (κ3) is 2.90. The molecule has 1 aliphatic carbocycles. The first-order valence-electron chi connectivity index (χ1n) is 7.80. The first kappa shape index (κ1) is 14.7. The molecule has 1 aromatic rings. The number of rotatable bonds is 3. The lowest BCUT2D eigenvalue weighted by molar-refractivity contribution is 0.119. The zero-order chi connectivity index (χ0) is 14.8. The van der Waals surface area contributed by atoms with Crippen molar-refractivity contribution in [1.82, 2.24) is 10.2 Å². The Morgan fingerprint density at radius 3 is 2.38 bits per heavy atom. The lowest BCUT2D eigenvalue weighted by Gasteiger charge is -2.39. The fourth-order valence-electron chi connectivity index (χ4n) is 3.79. The minimum Gasteiger partial charge on any atom is -0.505 e. The highest BCUT2D eigenvalue weighted by Crippen LogP contribution is 2.44. The van der Waals surface area contributed by atoms with Crippen molar-refractivity contribution < 1.29 is 13.9 Å². The van der Waals surface area contributed by atoms with Crippen LogP contribution in [0.25, 0.3) is 0 Å². The first-order valence-corrected chi connectivity index (χ1v) is 7.80. The Labute approximate surface area is 124 Å². The lowest BCUT2D eigenvalue weighted by Crippen LogP contribution is -2.47. The summed E-state index contributed by atoms with van der Waals surface area (Å²) in [5.74, 6) is -1.44. The van der Waals surface area contributed by atoms with Crippen LogP contribution in [0, 0.1) is 17.6 Å². The summed E-state index contributed by atoms with van der Waals surface area (Å²) in [7, 11) is 0. The average Bonchev–Trinajstić information content (AvgIpc) is 3.02. The highest BCUT2D eigenvalue weighted by molar-refractivity contribution is 5.38. The van der Waals surface area contributed by atoms with Gasteiger partial charge < -0.3 is 10.4 Å². The van der Waals surface area contributed by atoms with Crippen molar-refractivity contribution in [2.75, 3.05) is 26.2 Å². The van der Waals surface area contributed by atoms with E-state index in [1.165, 1.54) is 0 Å². The fourth-order valence-corrected chi connectivity index (χ4v) is 3.79. The summed E-state index contributed by atoms with van der Waals surface area (Å²) in [6.07, 6.45) is 4.30. The summed E-state index contributed by atoms with van der Waals surface area (Å²) < 4.78 is 28.0. The number of piperazine rings is 1. The van der Waals surface area contributed by atoms with E-state index in [4.69, 9.17) is 0 Å². The van der Waals surface area contributed by atoms with E-state index < -0.39 is 17.4 Å². The van der Waals surface area contributed by atoms with Gasteiger partial charge in [0.1, 0.15) is 5.82 Å². The molecule has 0 unspecified atom stereocenters. The summed E-state index contributed by atoms with van der Waals surface area (Å²) >= 11 is 0. The van der Waals surface area contributed by atoms with Crippen LogP contribution < -0.4 is 5.32 Å². The normalized spacial score (nSPS) is 22.6. The number of nitrogens with zero attached hydrogens (tertiary/aromatic N) is 1. The monoisotopic (exact) mass is 296 g/mol. The van der Waals surface area contributed by atoms with Gasteiger partial charge in [-0.05, 0) is 30.9 Å². The van der Waals surface area contributed by atoms with Crippen molar-refractivity contribution in [2.24, 2.45) is 5.92 Å². The number of hydrogen-bond donors (Lipinski definition) is 2. The molecule has 1 heterocycles. The van der Waals surface area contributed by atoms with Gasteiger partial charge in [0.25, 0.3) is 0 Å². The molecule has 1 aliphatic heterocycles. The van der Waals surface area contributed by atoms with E-state index in [0.717, 1.165) is 64.0 Å². The van der Waals surface area contributed by atoms with E-state index in [1.54, 1.807) is 0 Å². The molecule has 3 rings (SSSR count). The molecule has 1 saturated heterocycles. The van der Waals surface area contributed by atoms with Gasteiger partial charge in [0.2, 0.25) is 0 Å². The van der Waals surface area contributed by atoms with E-state index >= 15 is 0 Å². The third-order valence-corrected chi connectivity index (χ3v) is 4.80. The van der Waals surface area contributed by atoms with Crippen LogP contribution in [-0.2, 0) is 0 Å². The second-order valence-electron chi connectivity index (χ2n) is 6.07. The molecular weight excluding hydrogens is 274 g/mol. The van der Waals surface area contributed by atoms with Crippen molar-refractivity contribution in [2.45, 2.75) is 31.7 Å². The van der Waals surface area contributed by atoms with E-state index in [-0.39, 0.29) is 11.6 Å². The van der Waals surface area contributed by atoms with E-state index in [9.17, 15) is 13.9 Å². The predicted molar refractivity (Wildman–Crippen MR) is 77.2 cm³/mol. The van der Waals surface area contributed by atoms with Gasteiger partial charge in [0.15, 0.2) is 11.6 Å². The van der Waals surface area contributed by atoms with Gasteiger partial charge in [-0.1, -0.05) is 12.8 Å². The van der Waals surface area contributed by atoms with E-state index in [1.807, 2.05) is 0 Å². The highest BCUT2D eigenvalue weighted by atomic mass is 19.1. The Hall–Kier alpha value is -1.20. The Kier molecular flexibility index (Phi) is 4.40. The van der Waals surface area contributed by atoms with Crippen LogP contribution in [0.4, 0.5) is 8.78 Å². The Bertz CT molecular complexity index is 497. The van der Waals surface area contributed by atoms with Crippen molar-refractivity contribution in [3.05, 3.63) is 29.3 Å². The molecule has 21 heavy (non-hydrogen) atoms. The molecule has 0 bridgehead atoms. The minimum atomic E-state index is -0.732. The van der Waals surface area contributed by atoms with Gasteiger partial charge >= 0.3 is 0 Å². The molecular formula is C16H22F2N2O. The SMILES string of the molecule is Oc1c(F)ccc(F)c1[C@@H](C1CCCC1)N1CCNCC1. The standard InChI is InChI=1S/C16H22F2N2O/c17-12-5-6-13(18)16(21)14(12)15(11-3-1-2-4-11)20-9-7-19-8-10-20/h5-6,11,15,19,21H,1-4,7-10H2/t15-/m1/s1. The number of aromatic hydroxyl groups is 1. The maximum absolute atomic E-state index is 14.3. The van der Waals surface area contributed by atoms with Crippen LogP contribution >= 0.6 is 0 Å². The molecule has 116 valence electrons. The summed E-state index contributed by atoms with van der Waals surface area (Å²) in [6, 6.07) is 1.91.